The third-order valence-electron chi connectivity index (χ3n) is 3.83. The molecule has 36 heavy (non-hydrogen) atoms. The molecule has 0 atom stereocenters. The highest BCUT2D eigenvalue weighted by Gasteiger charge is 2.85. The Bertz CT molecular complexity index is 1070. The van der Waals surface area contributed by atoms with E-state index in [-0.39, 0.29) is 16.2 Å². The molecule has 0 aliphatic rings. The van der Waals surface area contributed by atoms with E-state index in [9.17, 15) is 70.7 Å². The lowest BCUT2D eigenvalue weighted by molar-refractivity contribution is -0.538. The van der Waals surface area contributed by atoms with Crippen molar-refractivity contribution in [1.82, 2.24) is 0 Å². The molecule has 0 unspecified atom stereocenters. The largest absolute Gasteiger partial charge is 0.460 e. The maximum absolute atomic E-state index is 13.9. The summed E-state index contributed by atoms with van der Waals surface area (Å²) in [5.41, 5.74) is 0. The number of carbonyl (C=O) groups excluding carboxylic acids is 1. The SMILES string of the molecule is O=C(c1ccc(-c2cccs2)s1)C(F)(F)OC(F)(F)C(F)(F)OC(F)(F)C(F)(F)C(F)(F)C(F)(F)F. The average molecular weight is 594 g/mol. The predicted octanol–water partition coefficient (Wildman–Crippen LogP) is 7.90. The van der Waals surface area contributed by atoms with Gasteiger partial charge in [0.15, 0.2) is 0 Å². The van der Waals surface area contributed by atoms with Crippen molar-refractivity contribution in [3.63, 3.8) is 0 Å². The van der Waals surface area contributed by atoms with E-state index in [2.05, 4.69) is 4.74 Å². The van der Waals surface area contributed by atoms with Crippen LogP contribution in [-0.2, 0) is 9.47 Å². The first-order valence-corrected chi connectivity index (χ1v) is 10.0. The van der Waals surface area contributed by atoms with Gasteiger partial charge in [0.1, 0.15) is 0 Å². The minimum absolute atomic E-state index is 0.0945. The highest BCUT2D eigenvalue weighted by molar-refractivity contribution is 7.22. The van der Waals surface area contributed by atoms with E-state index in [0.717, 1.165) is 17.4 Å². The van der Waals surface area contributed by atoms with Crippen LogP contribution in [0.1, 0.15) is 9.67 Å². The normalized spacial score (nSPS) is 14.9. The Morgan fingerprint density at radius 3 is 1.64 bits per heavy atom. The number of carbonyl (C=O) groups is 1. The summed E-state index contributed by atoms with van der Waals surface area (Å²) >= 11 is 1.23. The first-order valence-electron chi connectivity index (χ1n) is 8.32. The zero-order valence-corrected chi connectivity index (χ0v) is 17.7. The molecule has 0 bridgehead atoms. The summed E-state index contributed by atoms with van der Waals surface area (Å²) < 4.78 is 199. The standard InChI is InChI=1S/C16H5F15O3S2/c17-10(18,9(32)8-4-3-7(36-8)6-2-1-5-35-6)33-15(28,29)16(30,31)34-14(26,27)12(21,22)11(19,20)13(23,24)25/h1-5H. The Morgan fingerprint density at radius 1 is 0.639 bits per heavy atom. The Labute approximate surface area is 196 Å². The third-order valence-corrected chi connectivity index (χ3v) is 5.98. The van der Waals surface area contributed by atoms with Crippen LogP contribution in [-0.4, -0.2) is 48.2 Å². The van der Waals surface area contributed by atoms with Crippen molar-refractivity contribution in [2.24, 2.45) is 0 Å². The van der Waals surface area contributed by atoms with Crippen LogP contribution >= 0.6 is 22.7 Å². The van der Waals surface area contributed by atoms with Gasteiger partial charge < -0.3 is 0 Å². The molecule has 2 aromatic heterocycles. The van der Waals surface area contributed by atoms with Gasteiger partial charge in [-0.25, -0.2) is 9.47 Å². The second kappa shape index (κ2) is 9.05. The van der Waals surface area contributed by atoms with Gasteiger partial charge in [-0.3, -0.25) is 4.79 Å². The number of Topliss-reactive ketones (excluding diaryl/α,β-unsaturated/α-hetero) is 1. The molecule has 20 heteroatoms. The maximum atomic E-state index is 13.9. The number of ether oxygens (including phenoxy) is 2. The van der Waals surface area contributed by atoms with Crippen LogP contribution in [0.3, 0.4) is 0 Å². The van der Waals surface area contributed by atoms with E-state index in [1.165, 1.54) is 22.2 Å². The third kappa shape index (κ3) is 5.30. The van der Waals surface area contributed by atoms with Crippen molar-refractivity contribution in [2.45, 2.75) is 42.5 Å². The average Bonchev–Trinajstić information content (AvgIpc) is 3.36. The zero-order valence-electron chi connectivity index (χ0n) is 16.1. The van der Waals surface area contributed by atoms with Gasteiger partial charge in [-0.05, 0) is 23.6 Å². The summed E-state index contributed by atoms with van der Waals surface area (Å²) in [4.78, 5) is 11.1. The Morgan fingerprint density at radius 2 is 1.17 bits per heavy atom. The van der Waals surface area contributed by atoms with Crippen molar-refractivity contribution in [2.75, 3.05) is 0 Å². The van der Waals surface area contributed by atoms with E-state index in [0.29, 0.717) is 10.9 Å². The Kier molecular flexibility index (Phi) is 7.58. The lowest BCUT2D eigenvalue weighted by Crippen LogP contribution is -2.64. The maximum Gasteiger partial charge on any atom is 0.460 e. The molecule has 0 aromatic carbocycles. The first-order chi connectivity index (χ1) is 15.9. The number of halogens is 15. The fourth-order valence-electron chi connectivity index (χ4n) is 2.07. The molecule has 0 saturated heterocycles. The molecular formula is C16H5F15O3S2. The molecule has 0 N–H and O–H groups in total. The van der Waals surface area contributed by atoms with Gasteiger partial charge in [0.25, 0.3) is 5.78 Å². The van der Waals surface area contributed by atoms with Crippen molar-refractivity contribution in [3.8, 4) is 9.75 Å². The number of hydrogen-bond acceptors (Lipinski definition) is 5. The van der Waals surface area contributed by atoms with Crippen LogP contribution in [0.15, 0.2) is 29.6 Å². The molecule has 0 spiro atoms. The molecular weight excluding hydrogens is 589 g/mol. The van der Waals surface area contributed by atoms with Crippen molar-refractivity contribution < 1.29 is 80.1 Å². The van der Waals surface area contributed by atoms with Crippen LogP contribution in [0.4, 0.5) is 65.9 Å². The quantitative estimate of drug-likeness (QED) is 0.207. The van der Waals surface area contributed by atoms with Crippen LogP contribution in [0.5, 0.6) is 0 Å². The fraction of sp³-hybridized carbons (Fsp3) is 0.438. The second-order valence-electron chi connectivity index (χ2n) is 6.39. The molecule has 0 saturated carbocycles. The minimum Gasteiger partial charge on any atom is -0.283 e. The fourth-order valence-corrected chi connectivity index (χ4v) is 3.87. The molecule has 0 aliphatic heterocycles. The van der Waals surface area contributed by atoms with Gasteiger partial charge in [0.05, 0.1) is 4.88 Å². The lowest BCUT2D eigenvalue weighted by Gasteiger charge is -2.36. The molecule has 0 radical (unpaired) electrons. The van der Waals surface area contributed by atoms with Crippen LogP contribution < -0.4 is 0 Å². The smallest absolute Gasteiger partial charge is 0.283 e. The number of thiophene rings is 2. The molecule has 0 amide bonds. The summed E-state index contributed by atoms with van der Waals surface area (Å²) in [5.74, 6) is -18.5. The number of alkyl halides is 15. The predicted molar refractivity (Wildman–Crippen MR) is 89.9 cm³/mol. The molecule has 0 fully saturated rings. The monoisotopic (exact) mass is 594 g/mol. The van der Waals surface area contributed by atoms with Gasteiger partial charge in [-0.2, -0.15) is 65.9 Å². The number of rotatable bonds is 10. The van der Waals surface area contributed by atoms with Crippen molar-refractivity contribution >= 4 is 28.5 Å². The number of hydrogen-bond donors (Lipinski definition) is 0. The van der Waals surface area contributed by atoms with E-state index >= 15 is 0 Å². The molecule has 2 rings (SSSR count). The summed E-state index contributed by atoms with van der Waals surface area (Å²) in [5, 5.41) is 1.50. The Hall–Kier alpha value is -2.06. The second-order valence-corrected chi connectivity index (χ2v) is 8.42. The van der Waals surface area contributed by atoms with E-state index in [4.69, 9.17) is 0 Å². The van der Waals surface area contributed by atoms with Gasteiger partial charge in [-0.1, -0.05) is 6.07 Å². The van der Waals surface area contributed by atoms with Gasteiger partial charge in [0.2, 0.25) is 0 Å². The van der Waals surface area contributed by atoms with E-state index in [1.54, 1.807) is 0 Å². The molecule has 3 nitrogen and oxygen atoms in total. The summed E-state index contributed by atoms with van der Waals surface area (Å²) in [7, 11) is 0. The number of ketones is 1. The Balaban J connectivity index is 2.29. The molecule has 204 valence electrons. The first kappa shape index (κ1) is 30.2. The van der Waals surface area contributed by atoms with Gasteiger partial charge in [0, 0.05) is 9.75 Å². The highest BCUT2D eigenvalue weighted by Crippen LogP contribution is 2.56. The molecule has 2 heterocycles. The lowest BCUT2D eigenvalue weighted by atomic mass is 10.1. The molecule has 2 aromatic rings. The summed E-state index contributed by atoms with van der Waals surface area (Å²) in [6, 6.07) is 4.51. The van der Waals surface area contributed by atoms with Gasteiger partial charge in [-0.15, -0.1) is 22.7 Å². The van der Waals surface area contributed by atoms with Crippen LogP contribution in [0.2, 0.25) is 0 Å². The van der Waals surface area contributed by atoms with Crippen molar-refractivity contribution in [3.05, 3.63) is 34.5 Å². The summed E-state index contributed by atoms with van der Waals surface area (Å²) in [6.45, 7) is 0. The zero-order chi connectivity index (χ0) is 28.2. The van der Waals surface area contributed by atoms with Crippen LogP contribution in [0, 0.1) is 0 Å². The van der Waals surface area contributed by atoms with E-state index in [1.807, 2.05) is 0 Å². The topological polar surface area (TPSA) is 35.5 Å². The summed E-state index contributed by atoms with van der Waals surface area (Å²) in [6.07, 6.45) is -35.8. The minimum atomic E-state index is -7.95. The van der Waals surface area contributed by atoms with Crippen molar-refractivity contribution in [1.29, 1.82) is 0 Å². The van der Waals surface area contributed by atoms with E-state index < -0.39 is 53.1 Å². The van der Waals surface area contributed by atoms with Crippen LogP contribution in [0.25, 0.3) is 9.75 Å². The molecule has 0 aliphatic carbocycles. The van der Waals surface area contributed by atoms with Gasteiger partial charge >= 0.3 is 42.5 Å². The highest BCUT2D eigenvalue weighted by atomic mass is 32.1.